The Kier molecular flexibility index (Phi) is 5.08. The number of hydrogen-bond acceptors (Lipinski definition) is 6. The average Bonchev–Trinajstić information content (AvgIpc) is 3.14. The molecule has 134 valence electrons. The Balaban J connectivity index is 1.99. The quantitative estimate of drug-likeness (QED) is 0.710. The van der Waals surface area contributed by atoms with Gasteiger partial charge in [-0.2, -0.15) is 0 Å². The third kappa shape index (κ3) is 3.40. The first-order chi connectivity index (χ1) is 11.9. The zero-order valence-corrected chi connectivity index (χ0v) is 16.8. The fraction of sp³-hybridized carbons (Fsp3) is 0.312. The van der Waals surface area contributed by atoms with E-state index in [4.69, 9.17) is 9.47 Å². The number of aryl methyl sites for hydroxylation is 1. The van der Waals surface area contributed by atoms with Crippen LogP contribution >= 0.6 is 27.3 Å². The highest BCUT2D eigenvalue weighted by Crippen LogP contribution is 2.40. The summed E-state index contributed by atoms with van der Waals surface area (Å²) in [5, 5.41) is 0.309. The Morgan fingerprint density at radius 2 is 2.04 bits per heavy atom. The summed E-state index contributed by atoms with van der Waals surface area (Å²) in [4.78, 5) is 13.3. The molecule has 6 nitrogen and oxygen atoms in total. The van der Waals surface area contributed by atoms with Crippen molar-refractivity contribution in [3.05, 3.63) is 38.7 Å². The molecule has 0 spiro atoms. The molecule has 0 unspecified atom stereocenters. The molecule has 2 aromatic rings. The lowest BCUT2D eigenvalue weighted by Crippen LogP contribution is -2.15. The molecule has 3 rings (SSSR count). The number of nitrogens with one attached hydrogen (secondary N) is 1. The van der Waals surface area contributed by atoms with Gasteiger partial charge >= 0.3 is 5.97 Å². The number of carbonyl (C=O) groups is 1. The zero-order chi connectivity index (χ0) is 18.2. The van der Waals surface area contributed by atoms with Gasteiger partial charge in [0.05, 0.1) is 29.2 Å². The van der Waals surface area contributed by atoms with E-state index >= 15 is 0 Å². The van der Waals surface area contributed by atoms with Crippen LogP contribution in [0.3, 0.4) is 0 Å². The second-order valence-electron chi connectivity index (χ2n) is 5.45. The minimum absolute atomic E-state index is 0.0737. The van der Waals surface area contributed by atoms with Crippen LogP contribution in [0.25, 0.3) is 0 Å². The largest absolute Gasteiger partial charge is 0.496 e. The normalized spacial score (nSPS) is 13.4. The number of fused-ring (bicyclic) bond motifs is 1. The van der Waals surface area contributed by atoms with E-state index in [0.29, 0.717) is 20.8 Å². The van der Waals surface area contributed by atoms with E-state index in [1.54, 1.807) is 6.07 Å². The van der Waals surface area contributed by atoms with Gasteiger partial charge < -0.3 is 9.47 Å². The standard InChI is InChI=1S/C16H16BrNO5S2/c1-22-12-7-6-9(8-11(12)17)25(20,21)18-15-14(16(19)23-2)10-4-3-5-13(10)24-15/h6-8,18H,3-5H2,1-2H3. The number of ether oxygens (including phenoxy) is 2. The molecule has 9 heteroatoms. The first kappa shape index (κ1) is 18.2. The summed E-state index contributed by atoms with van der Waals surface area (Å²) in [5.41, 5.74) is 1.22. The summed E-state index contributed by atoms with van der Waals surface area (Å²) in [6.07, 6.45) is 2.56. The third-order valence-corrected chi connectivity index (χ3v) is 7.27. The highest BCUT2D eigenvalue weighted by molar-refractivity contribution is 9.10. The van der Waals surface area contributed by atoms with Crippen molar-refractivity contribution >= 4 is 48.3 Å². The number of carbonyl (C=O) groups excluding carboxylic acids is 1. The lowest BCUT2D eigenvalue weighted by atomic mass is 10.1. The molecule has 0 amide bonds. The Hall–Kier alpha value is -1.58. The predicted molar refractivity (Wildman–Crippen MR) is 99.2 cm³/mol. The Bertz CT molecular complexity index is 936. The Morgan fingerprint density at radius 1 is 1.28 bits per heavy atom. The van der Waals surface area contributed by atoms with Gasteiger partial charge in [0.25, 0.3) is 10.0 Å². The number of halogens is 1. The smallest absolute Gasteiger partial charge is 0.341 e. The maximum atomic E-state index is 12.7. The van der Waals surface area contributed by atoms with E-state index in [-0.39, 0.29) is 4.90 Å². The van der Waals surface area contributed by atoms with Crippen LogP contribution in [0.5, 0.6) is 5.75 Å². The van der Waals surface area contributed by atoms with Gasteiger partial charge in [0.15, 0.2) is 0 Å². The Morgan fingerprint density at radius 3 is 2.68 bits per heavy atom. The number of hydrogen-bond donors (Lipinski definition) is 1. The van der Waals surface area contributed by atoms with Crippen molar-refractivity contribution in [1.82, 2.24) is 0 Å². The fourth-order valence-electron chi connectivity index (χ4n) is 2.79. The number of esters is 1. The van der Waals surface area contributed by atoms with Gasteiger partial charge in [-0.15, -0.1) is 11.3 Å². The van der Waals surface area contributed by atoms with Crippen LogP contribution in [0.4, 0.5) is 5.00 Å². The van der Waals surface area contributed by atoms with Gasteiger partial charge in [-0.3, -0.25) is 4.72 Å². The first-order valence-electron chi connectivity index (χ1n) is 7.46. The topological polar surface area (TPSA) is 81.7 Å². The van der Waals surface area contributed by atoms with Crippen molar-refractivity contribution in [2.45, 2.75) is 24.2 Å². The zero-order valence-electron chi connectivity index (χ0n) is 13.6. The molecule has 1 aliphatic carbocycles. The maximum absolute atomic E-state index is 12.7. The summed E-state index contributed by atoms with van der Waals surface area (Å²) < 4.78 is 38.5. The molecule has 0 bridgehead atoms. The van der Waals surface area contributed by atoms with E-state index in [1.165, 1.54) is 37.7 Å². The molecule has 1 aromatic heterocycles. The minimum atomic E-state index is -3.85. The van der Waals surface area contributed by atoms with Gasteiger partial charge in [-0.1, -0.05) is 0 Å². The van der Waals surface area contributed by atoms with Crippen molar-refractivity contribution in [2.75, 3.05) is 18.9 Å². The van der Waals surface area contributed by atoms with Crippen LogP contribution in [-0.4, -0.2) is 28.6 Å². The van der Waals surface area contributed by atoms with E-state index < -0.39 is 16.0 Å². The van der Waals surface area contributed by atoms with E-state index in [1.807, 2.05) is 0 Å². The number of sulfonamides is 1. The van der Waals surface area contributed by atoms with E-state index in [9.17, 15) is 13.2 Å². The molecule has 0 radical (unpaired) electrons. The number of anilines is 1. The second-order valence-corrected chi connectivity index (χ2v) is 9.10. The molecular formula is C16H16BrNO5S2. The summed E-state index contributed by atoms with van der Waals surface area (Å²) in [5.74, 6) is 0.0114. The number of thiophene rings is 1. The van der Waals surface area contributed by atoms with Crippen molar-refractivity contribution in [3.8, 4) is 5.75 Å². The van der Waals surface area contributed by atoms with Crippen LogP contribution < -0.4 is 9.46 Å². The van der Waals surface area contributed by atoms with Crippen molar-refractivity contribution in [3.63, 3.8) is 0 Å². The van der Waals surface area contributed by atoms with Gasteiger partial charge in [0.2, 0.25) is 0 Å². The van der Waals surface area contributed by atoms with Gasteiger partial charge in [0.1, 0.15) is 10.8 Å². The van der Waals surface area contributed by atoms with E-state index in [0.717, 1.165) is 29.7 Å². The highest BCUT2D eigenvalue weighted by Gasteiger charge is 2.29. The molecule has 1 aromatic carbocycles. The number of methoxy groups -OCH3 is 2. The molecule has 1 N–H and O–H groups in total. The van der Waals surface area contributed by atoms with Crippen LogP contribution in [0.15, 0.2) is 27.6 Å². The molecule has 25 heavy (non-hydrogen) atoms. The van der Waals surface area contributed by atoms with E-state index in [2.05, 4.69) is 20.7 Å². The molecule has 0 aliphatic heterocycles. The van der Waals surface area contributed by atoms with Crippen molar-refractivity contribution in [2.24, 2.45) is 0 Å². The summed E-state index contributed by atoms with van der Waals surface area (Å²) >= 11 is 4.58. The molecule has 0 fully saturated rings. The van der Waals surface area contributed by atoms with Crippen LogP contribution in [0.1, 0.15) is 27.2 Å². The molecule has 1 heterocycles. The molecular weight excluding hydrogens is 430 g/mol. The molecule has 0 saturated carbocycles. The summed E-state index contributed by atoms with van der Waals surface area (Å²) in [6, 6.07) is 4.47. The number of benzene rings is 1. The summed E-state index contributed by atoms with van der Waals surface area (Å²) in [6.45, 7) is 0. The minimum Gasteiger partial charge on any atom is -0.496 e. The highest BCUT2D eigenvalue weighted by atomic mass is 79.9. The lowest BCUT2D eigenvalue weighted by Gasteiger charge is -2.10. The SMILES string of the molecule is COC(=O)c1c(NS(=O)(=O)c2ccc(OC)c(Br)c2)sc2c1CCC2. The molecule has 0 saturated heterocycles. The lowest BCUT2D eigenvalue weighted by molar-refractivity contribution is 0.0601. The van der Waals surface area contributed by atoms with Gasteiger partial charge in [-0.25, -0.2) is 13.2 Å². The summed E-state index contributed by atoms with van der Waals surface area (Å²) in [7, 11) is -1.05. The van der Waals surface area contributed by atoms with Crippen molar-refractivity contribution < 1.29 is 22.7 Å². The van der Waals surface area contributed by atoms with Crippen molar-refractivity contribution in [1.29, 1.82) is 0 Å². The first-order valence-corrected chi connectivity index (χ1v) is 10.6. The average molecular weight is 446 g/mol. The van der Waals surface area contributed by atoms with Gasteiger partial charge in [-0.05, 0) is 59.0 Å². The second kappa shape index (κ2) is 6.97. The predicted octanol–water partition coefficient (Wildman–Crippen LogP) is 3.60. The monoisotopic (exact) mass is 445 g/mol. The molecule has 1 aliphatic rings. The number of rotatable bonds is 5. The van der Waals surface area contributed by atoms with Crippen LogP contribution in [0.2, 0.25) is 0 Å². The third-order valence-electron chi connectivity index (χ3n) is 3.97. The van der Waals surface area contributed by atoms with Crippen LogP contribution in [0, 0.1) is 0 Å². The fourth-order valence-corrected chi connectivity index (χ4v) is 6.09. The Labute approximate surface area is 158 Å². The van der Waals surface area contributed by atoms with Crippen LogP contribution in [-0.2, 0) is 27.6 Å². The maximum Gasteiger partial charge on any atom is 0.341 e. The molecule has 0 atom stereocenters. The van der Waals surface area contributed by atoms with Gasteiger partial charge in [0, 0.05) is 4.88 Å².